The summed E-state index contributed by atoms with van der Waals surface area (Å²) in [7, 11) is 0. The molecule has 0 spiro atoms. The topological polar surface area (TPSA) is 78.9 Å². The van der Waals surface area contributed by atoms with Crippen molar-refractivity contribution >= 4 is 17.9 Å². The maximum absolute atomic E-state index is 12.9. The standard InChI is InChI=1S/C67H114O6/c1-4-7-10-13-16-19-22-25-28-30-32-33-35-36-39-42-45-48-51-54-57-60-66(69)72-63-64(62-71-65(68)59-56-53-50-47-44-41-38-27-24-21-18-15-12-9-6-3)73-67(70)61-58-55-52-49-46-43-40-37-34-31-29-26-23-20-17-14-11-8-5-2/h7,10,16,18-19,21,25,27-28,32-33,36,38-39,45,48,64H,4-6,8-9,11-15,17,20,22-24,26,29-31,34-35,37,40-44,46-47,49-63H2,1-3H3/b10-7-,19-16-,21-18-,28-25-,33-32-,38-27-,39-36-,48-45-. The van der Waals surface area contributed by atoms with Crippen LogP contribution in [-0.4, -0.2) is 37.2 Å². The van der Waals surface area contributed by atoms with Crippen molar-refractivity contribution in [2.24, 2.45) is 0 Å². The second kappa shape index (κ2) is 60.9. The lowest BCUT2D eigenvalue weighted by Crippen LogP contribution is -2.30. The molecule has 1 unspecified atom stereocenters. The van der Waals surface area contributed by atoms with Crippen molar-refractivity contribution in [2.45, 2.75) is 297 Å². The van der Waals surface area contributed by atoms with Crippen LogP contribution in [0.4, 0.5) is 0 Å². The first-order valence-corrected chi connectivity index (χ1v) is 30.7. The number of esters is 3. The summed E-state index contributed by atoms with van der Waals surface area (Å²) in [6.45, 7) is 6.48. The van der Waals surface area contributed by atoms with Gasteiger partial charge in [0.05, 0.1) is 0 Å². The summed E-state index contributed by atoms with van der Waals surface area (Å²) in [5, 5.41) is 0. The molecule has 0 radical (unpaired) electrons. The zero-order chi connectivity index (χ0) is 52.9. The Balaban J connectivity index is 4.46. The molecule has 0 heterocycles. The molecule has 0 aliphatic carbocycles. The summed E-state index contributed by atoms with van der Waals surface area (Å²) >= 11 is 0. The molecule has 418 valence electrons. The van der Waals surface area contributed by atoms with E-state index in [0.717, 1.165) is 122 Å². The molecular formula is C67H114O6. The van der Waals surface area contributed by atoms with Crippen LogP contribution in [0, 0.1) is 0 Å². The number of rotatable bonds is 55. The molecule has 0 amide bonds. The predicted molar refractivity (Wildman–Crippen MR) is 316 cm³/mol. The SMILES string of the molecule is CC/C=C\C/C=C\C/C=C\C/C=C\C/C=C\C/C=C\CCCCC(=O)OCC(COC(=O)CCCCCCC/C=C\C/C=C\CCCCC)OC(=O)CCCCCCCCCCCCCCCCCCCCC. The maximum atomic E-state index is 12.9. The largest absolute Gasteiger partial charge is 0.462 e. The third-order valence-corrected chi connectivity index (χ3v) is 13.1. The Kier molecular flexibility index (Phi) is 57.8. The van der Waals surface area contributed by atoms with Crippen LogP contribution >= 0.6 is 0 Å². The van der Waals surface area contributed by atoms with Gasteiger partial charge in [0.15, 0.2) is 6.10 Å². The predicted octanol–water partition coefficient (Wildman–Crippen LogP) is 20.9. The molecule has 0 bridgehead atoms. The van der Waals surface area contributed by atoms with Gasteiger partial charge in [0.25, 0.3) is 0 Å². The number of allylic oxidation sites excluding steroid dienone is 16. The number of hydrogen-bond acceptors (Lipinski definition) is 6. The van der Waals surface area contributed by atoms with E-state index in [2.05, 4.69) is 118 Å². The lowest BCUT2D eigenvalue weighted by Gasteiger charge is -2.18. The summed E-state index contributed by atoms with van der Waals surface area (Å²) in [4.78, 5) is 38.3. The van der Waals surface area contributed by atoms with Gasteiger partial charge in [-0.25, -0.2) is 0 Å². The van der Waals surface area contributed by atoms with E-state index >= 15 is 0 Å². The summed E-state index contributed by atoms with van der Waals surface area (Å²) < 4.78 is 16.9. The number of hydrogen-bond donors (Lipinski definition) is 0. The fraction of sp³-hybridized carbons (Fsp3) is 0.716. The van der Waals surface area contributed by atoms with E-state index in [0.29, 0.717) is 19.3 Å². The lowest BCUT2D eigenvalue weighted by molar-refractivity contribution is -0.167. The van der Waals surface area contributed by atoms with Gasteiger partial charge in [0.2, 0.25) is 0 Å². The first kappa shape index (κ1) is 69.3. The van der Waals surface area contributed by atoms with Crippen molar-refractivity contribution < 1.29 is 28.6 Å². The van der Waals surface area contributed by atoms with E-state index < -0.39 is 6.10 Å². The van der Waals surface area contributed by atoms with Gasteiger partial charge in [-0.3, -0.25) is 14.4 Å². The van der Waals surface area contributed by atoms with Crippen LogP contribution in [0.5, 0.6) is 0 Å². The number of carbonyl (C=O) groups excluding carboxylic acids is 3. The van der Waals surface area contributed by atoms with Gasteiger partial charge in [-0.1, -0.05) is 266 Å². The van der Waals surface area contributed by atoms with Crippen LogP contribution in [0.2, 0.25) is 0 Å². The molecular weight excluding hydrogens is 901 g/mol. The average Bonchev–Trinajstić information content (AvgIpc) is 3.39. The molecule has 0 aromatic heterocycles. The molecule has 1 atom stereocenters. The van der Waals surface area contributed by atoms with Crippen LogP contribution in [0.15, 0.2) is 97.2 Å². The highest BCUT2D eigenvalue weighted by atomic mass is 16.6. The fourth-order valence-corrected chi connectivity index (χ4v) is 8.48. The van der Waals surface area contributed by atoms with E-state index in [1.807, 2.05) is 0 Å². The first-order valence-electron chi connectivity index (χ1n) is 30.7. The molecule has 0 saturated heterocycles. The molecule has 6 heteroatoms. The van der Waals surface area contributed by atoms with Crippen LogP contribution < -0.4 is 0 Å². The summed E-state index contributed by atoms with van der Waals surface area (Å²) in [6, 6.07) is 0. The summed E-state index contributed by atoms with van der Waals surface area (Å²) in [5.74, 6) is -0.945. The molecule has 73 heavy (non-hydrogen) atoms. The minimum Gasteiger partial charge on any atom is -0.462 e. The quantitative estimate of drug-likeness (QED) is 0.0261. The molecule has 0 N–H and O–H groups in total. The van der Waals surface area contributed by atoms with E-state index in [1.165, 1.54) is 128 Å². The third-order valence-electron chi connectivity index (χ3n) is 13.1. The van der Waals surface area contributed by atoms with Crippen molar-refractivity contribution in [1.29, 1.82) is 0 Å². The average molecular weight is 1020 g/mol. The Bertz CT molecular complexity index is 1440. The third kappa shape index (κ3) is 59.1. The zero-order valence-corrected chi connectivity index (χ0v) is 47.9. The van der Waals surface area contributed by atoms with Gasteiger partial charge in [0, 0.05) is 19.3 Å². The van der Waals surface area contributed by atoms with Gasteiger partial charge in [-0.15, -0.1) is 0 Å². The van der Waals surface area contributed by atoms with Gasteiger partial charge < -0.3 is 14.2 Å². The van der Waals surface area contributed by atoms with Crippen LogP contribution in [0.25, 0.3) is 0 Å². The minimum absolute atomic E-state index is 0.0972. The van der Waals surface area contributed by atoms with Crippen molar-refractivity contribution in [3.8, 4) is 0 Å². The van der Waals surface area contributed by atoms with E-state index in [-0.39, 0.29) is 31.1 Å². The van der Waals surface area contributed by atoms with Crippen LogP contribution in [0.3, 0.4) is 0 Å². The molecule has 0 aromatic rings. The van der Waals surface area contributed by atoms with Crippen molar-refractivity contribution in [1.82, 2.24) is 0 Å². The molecule has 0 aromatic carbocycles. The van der Waals surface area contributed by atoms with Crippen molar-refractivity contribution in [2.75, 3.05) is 13.2 Å². The second-order valence-corrected chi connectivity index (χ2v) is 20.2. The molecule has 0 rings (SSSR count). The fourth-order valence-electron chi connectivity index (χ4n) is 8.48. The molecule has 6 nitrogen and oxygen atoms in total. The van der Waals surface area contributed by atoms with E-state index in [1.54, 1.807) is 0 Å². The Morgan fingerprint density at radius 2 is 0.534 bits per heavy atom. The van der Waals surface area contributed by atoms with Crippen molar-refractivity contribution in [3.05, 3.63) is 97.2 Å². The lowest BCUT2D eigenvalue weighted by atomic mass is 10.0. The van der Waals surface area contributed by atoms with E-state index in [4.69, 9.17) is 14.2 Å². The number of carbonyl (C=O) groups is 3. The molecule has 0 saturated carbocycles. The Labute approximate surface area is 451 Å². The zero-order valence-electron chi connectivity index (χ0n) is 47.9. The normalized spacial score (nSPS) is 12.8. The number of unbranched alkanes of at least 4 members (excludes halogenated alkanes) is 28. The van der Waals surface area contributed by atoms with E-state index in [9.17, 15) is 14.4 Å². The maximum Gasteiger partial charge on any atom is 0.306 e. The molecule has 0 aliphatic rings. The Morgan fingerprint density at radius 3 is 0.890 bits per heavy atom. The minimum atomic E-state index is -0.802. The smallest absolute Gasteiger partial charge is 0.306 e. The summed E-state index contributed by atoms with van der Waals surface area (Å²) in [6.07, 6.45) is 81.2. The summed E-state index contributed by atoms with van der Waals surface area (Å²) in [5.41, 5.74) is 0. The van der Waals surface area contributed by atoms with Gasteiger partial charge in [0.1, 0.15) is 13.2 Å². The van der Waals surface area contributed by atoms with Gasteiger partial charge >= 0.3 is 17.9 Å². The van der Waals surface area contributed by atoms with Crippen LogP contribution in [-0.2, 0) is 28.6 Å². The Hall–Kier alpha value is -3.67. The highest BCUT2D eigenvalue weighted by Gasteiger charge is 2.19. The molecule has 0 aliphatic heterocycles. The highest BCUT2D eigenvalue weighted by Crippen LogP contribution is 2.16. The second-order valence-electron chi connectivity index (χ2n) is 20.2. The number of ether oxygens (including phenoxy) is 3. The monoisotopic (exact) mass is 1010 g/mol. The highest BCUT2D eigenvalue weighted by molar-refractivity contribution is 5.71. The van der Waals surface area contributed by atoms with Crippen molar-refractivity contribution in [3.63, 3.8) is 0 Å². The molecule has 0 fully saturated rings. The van der Waals surface area contributed by atoms with Gasteiger partial charge in [-0.05, 0) is 103 Å². The van der Waals surface area contributed by atoms with Gasteiger partial charge in [-0.2, -0.15) is 0 Å². The Morgan fingerprint density at radius 1 is 0.288 bits per heavy atom. The van der Waals surface area contributed by atoms with Crippen LogP contribution in [0.1, 0.15) is 290 Å². The first-order chi connectivity index (χ1) is 36.0.